The average Bonchev–Trinajstić information content (AvgIpc) is 4.07. The Kier molecular flexibility index (Phi) is 41.8. The fraction of sp³-hybridized carbons (Fsp3) is 0.852. The van der Waals surface area contributed by atoms with E-state index in [4.69, 9.17) is 52.1 Å². The Morgan fingerprint density at radius 1 is 0.618 bits per heavy atom. The lowest BCUT2D eigenvalue weighted by Gasteiger charge is -2.16. The second-order valence-corrected chi connectivity index (χ2v) is 20.0. The number of urea groups is 1. The maximum atomic E-state index is 12.5. The highest BCUT2D eigenvalue weighted by molar-refractivity contribution is 8.00. The normalized spacial score (nSPS) is 20.7. The van der Waals surface area contributed by atoms with Gasteiger partial charge in [-0.2, -0.15) is 11.8 Å². The number of unbranched alkanes of at least 4 members (excludes halogenated alkanes) is 4. The number of ether oxygens (including phenoxy) is 11. The van der Waals surface area contributed by atoms with E-state index in [-0.39, 0.29) is 54.0 Å². The van der Waals surface area contributed by atoms with E-state index in [2.05, 4.69) is 28.2 Å². The molecule has 0 bridgehead atoms. The summed E-state index contributed by atoms with van der Waals surface area (Å²) in [7, 11) is 0. The van der Waals surface area contributed by atoms with Gasteiger partial charge in [-0.05, 0) is 38.5 Å². The SMILES string of the molecule is CCCCCC(O)C=CC1C(O)CC(=O)C1CC=CCCCC(=O)NCCOCCOCCOCCOCCOCCOCCOCCOCCOCCOCCOCCNC(=O)CCCCC1SCC2NC(=O)NC21. The second kappa shape index (κ2) is 47.0. The summed E-state index contributed by atoms with van der Waals surface area (Å²) < 4.78 is 60.7. The number of rotatable bonds is 53. The van der Waals surface area contributed by atoms with Crippen molar-refractivity contribution in [2.45, 2.75) is 120 Å². The molecule has 6 N–H and O–H groups in total. The lowest BCUT2D eigenvalue weighted by atomic mass is 9.90. The Balaban J connectivity index is 0.914. The number of allylic oxidation sites excluding steroid dienone is 2. The number of carbonyl (C=O) groups excluding carboxylic acids is 4. The summed E-state index contributed by atoms with van der Waals surface area (Å²) in [6.45, 7) is 13.1. The van der Waals surface area contributed by atoms with E-state index in [1.54, 1.807) is 6.08 Å². The van der Waals surface area contributed by atoms with Gasteiger partial charge in [0.1, 0.15) is 5.78 Å². The zero-order valence-corrected chi connectivity index (χ0v) is 46.5. The number of nitrogens with one attached hydrogen (secondary N) is 4. The molecule has 2 saturated heterocycles. The summed E-state index contributed by atoms with van der Waals surface area (Å²) in [5.74, 6) is 0.445. The lowest BCUT2D eigenvalue weighted by molar-refractivity contribution is -0.122. The maximum Gasteiger partial charge on any atom is 0.315 e. The van der Waals surface area contributed by atoms with Crippen molar-refractivity contribution in [2.24, 2.45) is 11.8 Å². The predicted octanol–water partition coefficient (Wildman–Crippen LogP) is 3.31. The summed E-state index contributed by atoms with van der Waals surface area (Å²) in [6.07, 6.45) is 15.9. The van der Waals surface area contributed by atoms with Crippen molar-refractivity contribution in [3.8, 4) is 0 Å². The number of fused-ring (bicyclic) bond motifs is 1. The Morgan fingerprint density at radius 3 is 1.55 bits per heavy atom. The summed E-state index contributed by atoms with van der Waals surface area (Å²) in [5, 5.41) is 32.7. The molecule has 440 valence electrons. The van der Waals surface area contributed by atoms with Gasteiger partial charge < -0.3 is 83.6 Å². The number of hydrogen-bond donors (Lipinski definition) is 6. The maximum absolute atomic E-state index is 12.5. The van der Waals surface area contributed by atoms with E-state index >= 15 is 0 Å². The molecule has 2 aliphatic heterocycles. The van der Waals surface area contributed by atoms with Crippen LogP contribution in [-0.4, -0.2) is 228 Å². The summed E-state index contributed by atoms with van der Waals surface area (Å²) in [4.78, 5) is 48.2. The number of ketones is 1. The van der Waals surface area contributed by atoms with E-state index in [1.165, 1.54) is 0 Å². The first-order valence-electron chi connectivity index (χ1n) is 28.1. The topological polar surface area (TPSA) is 258 Å². The molecule has 7 atom stereocenters. The summed E-state index contributed by atoms with van der Waals surface area (Å²) in [6, 6.07) is 0.385. The third kappa shape index (κ3) is 34.9. The molecule has 0 radical (unpaired) electrons. The van der Waals surface area contributed by atoms with Crippen LogP contribution in [0.4, 0.5) is 4.79 Å². The van der Waals surface area contributed by atoms with Crippen molar-refractivity contribution in [3.05, 3.63) is 24.3 Å². The van der Waals surface area contributed by atoms with Gasteiger partial charge in [0.05, 0.1) is 170 Å². The van der Waals surface area contributed by atoms with E-state index in [9.17, 15) is 29.4 Å². The quantitative estimate of drug-likeness (QED) is 0.0290. The molecule has 1 saturated carbocycles. The largest absolute Gasteiger partial charge is 0.392 e. The number of carbonyl (C=O) groups is 4. The molecule has 21 nitrogen and oxygen atoms in total. The van der Waals surface area contributed by atoms with Crippen molar-refractivity contribution in [1.29, 1.82) is 0 Å². The third-order valence-corrected chi connectivity index (χ3v) is 14.2. The molecule has 3 fully saturated rings. The van der Waals surface area contributed by atoms with Crippen LogP contribution in [0.1, 0.15) is 90.4 Å². The van der Waals surface area contributed by atoms with E-state index < -0.39 is 12.2 Å². The summed E-state index contributed by atoms with van der Waals surface area (Å²) >= 11 is 1.90. The molecule has 0 spiro atoms. The molecular formula is C54H96N4O17S. The molecule has 76 heavy (non-hydrogen) atoms. The number of hydrogen-bond acceptors (Lipinski definition) is 18. The highest BCUT2D eigenvalue weighted by atomic mass is 32.2. The number of thioether (sulfide) groups is 1. The van der Waals surface area contributed by atoms with Crippen molar-refractivity contribution >= 4 is 35.4 Å². The van der Waals surface area contributed by atoms with Crippen molar-refractivity contribution in [2.75, 3.05) is 164 Å². The molecule has 22 heteroatoms. The van der Waals surface area contributed by atoms with Crippen molar-refractivity contribution in [1.82, 2.24) is 21.3 Å². The molecule has 1 aliphatic carbocycles. The Morgan fingerprint density at radius 2 is 1.08 bits per heavy atom. The Bertz CT molecular complexity index is 1540. The van der Waals surface area contributed by atoms with Gasteiger partial charge in [-0.3, -0.25) is 14.4 Å². The highest BCUT2D eigenvalue weighted by Crippen LogP contribution is 2.34. The van der Waals surface area contributed by atoms with E-state index in [0.717, 1.165) is 50.7 Å². The van der Waals surface area contributed by atoms with E-state index in [1.807, 2.05) is 30.0 Å². The van der Waals surface area contributed by atoms with Crippen molar-refractivity contribution < 1.29 is 81.5 Å². The molecular weight excluding hydrogens is 1010 g/mol. The first-order valence-corrected chi connectivity index (χ1v) is 29.1. The Labute approximate surface area is 456 Å². The van der Waals surface area contributed by atoms with Gasteiger partial charge >= 0.3 is 6.03 Å². The first kappa shape index (κ1) is 67.5. The molecule has 0 aromatic heterocycles. The molecule has 3 aliphatic rings. The van der Waals surface area contributed by atoms with Crippen LogP contribution in [0.25, 0.3) is 0 Å². The second-order valence-electron chi connectivity index (χ2n) is 18.8. The monoisotopic (exact) mass is 1100 g/mol. The summed E-state index contributed by atoms with van der Waals surface area (Å²) in [5.41, 5.74) is 0. The zero-order valence-electron chi connectivity index (χ0n) is 45.6. The van der Waals surface area contributed by atoms with Crippen LogP contribution >= 0.6 is 11.8 Å². The molecule has 0 aromatic carbocycles. The zero-order chi connectivity index (χ0) is 54.4. The van der Waals surface area contributed by atoms with Gasteiger partial charge in [-0.15, -0.1) is 0 Å². The van der Waals surface area contributed by atoms with Gasteiger partial charge in [-0.1, -0.05) is 56.9 Å². The fourth-order valence-corrected chi connectivity index (χ4v) is 10.0. The number of amides is 4. The number of aliphatic hydroxyl groups excluding tert-OH is 2. The van der Waals surface area contributed by atoms with Crippen LogP contribution in [0.5, 0.6) is 0 Å². The van der Waals surface area contributed by atoms with Crippen LogP contribution in [-0.2, 0) is 66.5 Å². The van der Waals surface area contributed by atoms with Crippen LogP contribution < -0.4 is 21.3 Å². The van der Waals surface area contributed by atoms with Crippen LogP contribution in [0.3, 0.4) is 0 Å². The lowest BCUT2D eigenvalue weighted by Crippen LogP contribution is -2.36. The van der Waals surface area contributed by atoms with Gasteiger partial charge in [0.25, 0.3) is 0 Å². The molecule has 0 aromatic rings. The van der Waals surface area contributed by atoms with E-state index in [0.29, 0.717) is 196 Å². The van der Waals surface area contributed by atoms with Gasteiger partial charge in [0.15, 0.2) is 0 Å². The van der Waals surface area contributed by atoms with Crippen LogP contribution in [0.15, 0.2) is 24.3 Å². The highest BCUT2D eigenvalue weighted by Gasteiger charge is 2.42. The minimum absolute atomic E-state index is 0.0331. The first-order chi connectivity index (χ1) is 37.3. The molecule has 4 amide bonds. The van der Waals surface area contributed by atoms with Crippen LogP contribution in [0.2, 0.25) is 0 Å². The minimum atomic E-state index is -0.710. The molecule has 3 rings (SSSR count). The minimum Gasteiger partial charge on any atom is -0.392 e. The number of aliphatic hydroxyl groups is 2. The molecule has 2 heterocycles. The standard InChI is InChI=1S/C54H96N4O17S/c1-2-3-6-11-44(59)16-17-46-45(48(60)42-49(46)61)12-7-4-5-8-14-51(62)55-18-20-65-22-24-67-26-28-69-30-32-71-34-36-73-38-40-75-41-39-74-37-35-72-33-31-70-29-27-68-25-23-66-21-19-56-52(63)15-10-9-13-50-53-47(43-76-50)57-54(64)58-53/h4,7,16-17,44-47,49-50,53,59,61H,2-3,5-6,8-15,18-43H2,1H3,(H,55,62)(H,56,63)(H2,57,58,64). The van der Waals surface area contributed by atoms with Gasteiger partial charge in [-0.25, -0.2) is 4.79 Å². The molecule has 7 unspecified atom stereocenters. The van der Waals surface area contributed by atoms with Gasteiger partial charge in [0.2, 0.25) is 11.8 Å². The van der Waals surface area contributed by atoms with Crippen LogP contribution in [0, 0.1) is 11.8 Å². The third-order valence-electron chi connectivity index (χ3n) is 12.7. The van der Waals surface area contributed by atoms with Crippen molar-refractivity contribution in [3.63, 3.8) is 0 Å². The average molecular weight is 1110 g/mol. The fourth-order valence-electron chi connectivity index (χ4n) is 8.50. The predicted molar refractivity (Wildman–Crippen MR) is 288 cm³/mol. The smallest absolute Gasteiger partial charge is 0.315 e. The van der Waals surface area contributed by atoms with Gasteiger partial charge in [0, 0.05) is 55.2 Å². The Hall–Kier alpha value is -2.81. The number of Topliss-reactive ketones (excluding diaryl/α,β-unsaturated/α-hetero) is 1.